The monoisotopic (exact) mass is 368 g/mol. The molecule has 6 nitrogen and oxygen atoms in total. The Morgan fingerprint density at radius 2 is 1.59 bits per heavy atom. The Bertz CT molecular complexity index is 824. The molecule has 2 aliphatic heterocycles. The third kappa shape index (κ3) is 4.12. The first-order valence-corrected chi connectivity index (χ1v) is 9.68. The summed E-state index contributed by atoms with van der Waals surface area (Å²) >= 11 is 0. The first kappa shape index (κ1) is 17.9. The van der Waals surface area contributed by atoms with Crippen LogP contribution < -0.4 is 4.90 Å². The van der Waals surface area contributed by atoms with E-state index < -0.39 is 0 Å². The lowest BCUT2D eigenvalue weighted by Gasteiger charge is -2.33. The van der Waals surface area contributed by atoms with Crippen molar-refractivity contribution in [2.75, 3.05) is 59.0 Å². The van der Waals surface area contributed by atoms with Crippen molar-refractivity contribution in [1.82, 2.24) is 9.80 Å². The highest BCUT2D eigenvalue weighted by molar-refractivity contribution is 5.98. The number of benzene rings is 2. The normalized spacial score (nSPS) is 18.7. The van der Waals surface area contributed by atoms with Crippen LogP contribution in [0.25, 0.3) is 10.8 Å². The molecule has 2 aromatic rings. The summed E-state index contributed by atoms with van der Waals surface area (Å²) in [6.07, 6.45) is 0. The summed E-state index contributed by atoms with van der Waals surface area (Å²) in [6.45, 7) is 6.18. The molecule has 27 heavy (non-hydrogen) atoms. The van der Waals surface area contributed by atoms with E-state index in [2.05, 4.69) is 6.07 Å². The zero-order chi connectivity index (χ0) is 18.6. The number of nitrogens with one attached hydrogen (secondary N) is 1. The molecule has 6 heteroatoms. The molecule has 0 radical (unpaired) electrons. The number of morpholine rings is 1. The molecule has 2 fully saturated rings. The van der Waals surface area contributed by atoms with Gasteiger partial charge in [-0.1, -0.05) is 30.3 Å². The average Bonchev–Trinajstić information content (AvgIpc) is 2.74. The number of piperazine rings is 1. The van der Waals surface area contributed by atoms with Gasteiger partial charge in [0.2, 0.25) is 0 Å². The van der Waals surface area contributed by atoms with Crippen molar-refractivity contribution >= 4 is 22.6 Å². The van der Waals surface area contributed by atoms with Gasteiger partial charge in [-0.25, -0.2) is 0 Å². The summed E-state index contributed by atoms with van der Waals surface area (Å²) < 4.78 is 5.30. The van der Waals surface area contributed by atoms with Crippen molar-refractivity contribution in [2.24, 2.45) is 0 Å². The van der Waals surface area contributed by atoms with E-state index in [-0.39, 0.29) is 11.8 Å². The van der Waals surface area contributed by atoms with E-state index in [0.717, 1.165) is 29.4 Å². The summed E-state index contributed by atoms with van der Waals surface area (Å²) in [7, 11) is 0. The number of hydrogen-bond donors (Lipinski definition) is 1. The molecular weight excluding hydrogens is 342 g/mol. The Hall–Kier alpha value is -2.44. The van der Waals surface area contributed by atoms with Crippen LogP contribution in [0.3, 0.4) is 0 Å². The third-order valence-electron chi connectivity index (χ3n) is 5.52. The van der Waals surface area contributed by atoms with E-state index in [4.69, 9.17) is 4.74 Å². The standard InChI is InChI=1S/C21H25N3O3/c25-20(23-11-13-27-14-12-23)16-22-7-9-24(10-8-22)21(26)19-6-5-17-3-1-2-4-18(17)15-19/h1-6,15H,7-14,16H2/p+1. The molecule has 0 spiro atoms. The van der Waals surface area contributed by atoms with E-state index in [1.165, 1.54) is 4.90 Å². The zero-order valence-electron chi connectivity index (χ0n) is 15.5. The molecule has 0 aliphatic carbocycles. The molecule has 0 unspecified atom stereocenters. The number of carbonyl (C=O) groups excluding carboxylic acids is 2. The fraction of sp³-hybridized carbons (Fsp3) is 0.429. The molecule has 0 bridgehead atoms. The van der Waals surface area contributed by atoms with E-state index in [1.54, 1.807) is 0 Å². The fourth-order valence-electron chi connectivity index (χ4n) is 3.85. The largest absolute Gasteiger partial charge is 0.378 e. The highest BCUT2D eigenvalue weighted by Crippen LogP contribution is 2.17. The number of carbonyl (C=O) groups is 2. The van der Waals surface area contributed by atoms with Crippen molar-refractivity contribution < 1.29 is 19.2 Å². The van der Waals surface area contributed by atoms with Gasteiger partial charge in [0.1, 0.15) is 0 Å². The van der Waals surface area contributed by atoms with Crippen molar-refractivity contribution in [1.29, 1.82) is 0 Å². The lowest BCUT2D eigenvalue weighted by Crippen LogP contribution is -3.15. The average molecular weight is 368 g/mol. The van der Waals surface area contributed by atoms with Gasteiger partial charge >= 0.3 is 0 Å². The third-order valence-corrected chi connectivity index (χ3v) is 5.52. The number of fused-ring (bicyclic) bond motifs is 1. The summed E-state index contributed by atoms with van der Waals surface area (Å²) in [5.41, 5.74) is 0.738. The summed E-state index contributed by atoms with van der Waals surface area (Å²) in [5.74, 6) is 0.280. The smallest absolute Gasteiger partial charge is 0.277 e. The lowest BCUT2D eigenvalue weighted by molar-refractivity contribution is -0.896. The van der Waals surface area contributed by atoms with Crippen LogP contribution in [0, 0.1) is 0 Å². The van der Waals surface area contributed by atoms with Gasteiger partial charge in [-0.2, -0.15) is 0 Å². The number of amides is 2. The van der Waals surface area contributed by atoms with Crippen molar-refractivity contribution in [2.45, 2.75) is 0 Å². The Morgan fingerprint density at radius 3 is 2.33 bits per heavy atom. The molecule has 2 aromatic carbocycles. The fourth-order valence-corrected chi connectivity index (χ4v) is 3.85. The minimum atomic E-state index is 0.0827. The van der Waals surface area contributed by atoms with Gasteiger partial charge in [-0.15, -0.1) is 0 Å². The minimum absolute atomic E-state index is 0.0827. The second kappa shape index (κ2) is 8.06. The van der Waals surface area contributed by atoms with Crippen LogP contribution >= 0.6 is 0 Å². The van der Waals surface area contributed by atoms with Crippen LogP contribution in [0.2, 0.25) is 0 Å². The number of quaternary nitrogens is 1. The second-order valence-electron chi connectivity index (χ2n) is 7.27. The molecule has 2 aliphatic rings. The molecule has 4 rings (SSSR count). The lowest BCUT2D eigenvalue weighted by atomic mass is 10.1. The molecule has 2 amide bonds. The van der Waals surface area contributed by atoms with Crippen molar-refractivity contribution in [3.8, 4) is 0 Å². The SMILES string of the molecule is O=C(C[NH+]1CCN(C(=O)c2ccc3ccccc3c2)CC1)N1CCOCC1. The molecule has 2 saturated heterocycles. The number of nitrogens with zero attached hydrogens (tertiary/aromatic N) is 2. The van der Waals surface area contributed by atoms with Gasteiger partial charge in [0, 0.05) is 18.7 Å². The second-order valence-corrected chi connectivity index (χ2v) is 7.27. The topological polar surface area (TPSA) is 54.3 Å². The maximum absolute atomic E-state index is 12.8. The predicted octanol–water partition coefficient (Wildman–Crippen LogP) is 0.0393. The van der Waals surface area contributed by atoms with Crippen LogP contribution in [0.15, 0.2) is 42.5 Å². The predicted molar refractivity (Wildman–Crippen MR) is 103 cm³/mol. The number of hydrogen-bond acceptors (Lipinski definition) is 3. The maximum atomic E-state index is 12.8. The van der Waals surface area contributed by atoms with Crippen molar-refractivity contribution in [3.63, 3.8) is 0 Å². The van der Waals surface area contributed by atoms with Gasteiger partial charge < -0.3 is 19.4 Å². The van der Waals surface area contributed by atoms with Gasteiger partial charge in [-0.3, -0.25) is 9.59 Å². The first-order chi connectivity index (χ1) is 13.2. The van der Waals surface area contributed by atoms with Crippen molar-refractivity contribution in [3.05, 3.63) is 48.0 Å². The highest BCUT2D eigenvalue weighted by Gasteiger charge is 2.28. The molecule has 0 atom stereocenters. The van der Waals surface area contributed by atoms with Crippen LogP contribution in [0.5, 0.6) is 0 Å². The zero-order valence-corrected chi connectivity index (χ0v) is 15.5. The van der Waals surface area contributed by atoms with Crippen LogP contribution in [-0.2, 0) is 9.53 Å². The van der Waals surface area contributed by atoms with E-state index in [1.807, 2.05) is 46.2 Å². The van der Waals surface area contributed by atoms with Crippen LogP contribution in [0.1, 0.15) is 10.4 Å². The van der Waals surface area contributed by atoms with Gasteiger partial charge in [-0.05, 0) is 22.9 Å². The van der Waals surface area contributed by atoms with E-state index in [0.29, 0.717) is 45.9 Å². The van der Waals surface area contributed by atoms with Gasteiger partial charge in [0.15, 0.2) is 6.54 Å². The van der Waals surface area contributed by atoms with Crippen LogP contribution in [-0.4, -0.2) is 80.6 Å². The van der Waals surface area contributed by atoms with Crippen LogP contribution in [0.4, 0.5) is 0 Å². The molecule has 142 valence electrons. The van der Waals surface area contributed by atoms with Gasteiger partial charge in [0.05, 0.1) is 39.4 Å². The Morgan fingerprint density at radius 1 is 0.889 bits per heavy atom. The molecular formula is C21H26N3O3+. The van der Waals surface area contributed by atoms with E-state index >= 15 is 0 Å². The van der Waals surface area contributed by atoms with E-state index in [9.17, 15) is 9.59 Å². The summed E-state index contributed by atoms with van der Waals surface area (Å²) in [5, 5.41) is 2.23. The molecule has 2 heterocycles. The van der Waals surface area contributed by atoms with Gasteiger partial charge in [0.25, 0.3) is 11.8 Å². The molecule has 0 aromatic heterocycles. The summed E-state index contributed by atoms with van der Waals surface area (Å²) in [6, 6.07) is 14.0. The molecule has 0 saturated carbocycles. The molecule has 1 N–H and O–H groups in total. The maximum Gasteiger partial charge on any atom is 0.277 e. The Balaban J connectivity index is 1.32. The Kier molecular flexibility index (Phi) is 5.36. The summed E-state index contributed by atoms with van der Waals surface area (Å²) in [4.78, 5) is 30.3. The highest BCUT2D eigenvalue weighted by atomic mass is 16.5. The quantitative estimate of drug-likeness (QED) is 0.832. The first-order valence-electron chi connectivity index (χ1n) is 9.68. The Labute approximate surface area is 159 Å². The minimum Gasteiger partial charge on any atom is -0.378 e. The number of ether oxygens (including phenoxy) is 1. The number of rotatable bonds is 3.